The lowest BCUT2D eigenvalue weighted by molar-refractivity contribution is -0.144. The average Bonchev–Trinajstić information content (AvgIpc) is 2.88. The van der Waals surface area contributed by atoms with E-state index in [1.165, 1.54) is 0 Å². The minimum Gasteiger partial charge on any atom is -0.388 e. The summed E-state index contributed by atoms with van der Waals surface area (Å²) in [5.74, 6) is -1.07. The second kappa shape index (κ2) is 10.4. The second-order valence-electron chi connectivity index (χ2n) is 12.0. The monoisotopic (exact) mass is 526 g/mol. The Hall–Kier alpha value is -3.74. The van der Waals surface area contributed by atoms with Crippen molar-refractivity contribution in [3.8, 4) is 0 Å². The van der Waals surface area contributed by atoms with Crippen LogP contribution in [0.5, 0.6) is 0 Å². The number of amides is 2. The number of nitrogens with one attached hydrogen (secondary N) is 2. The zero-order chi connectivity index (χ0) is 28.6. The van der Waals surface area contributed by atoms with E-state index in [2.05, 4.69) is 10.6 Å². The third-order valence-corrected chi connectivity index (χ3v) is 7.31. The van der Waals surface area contributed by atoms with Crippen molar-refractivity contribution < 1.29 is 19.8 Å². The molecule has 0 aliphatic rings. The van der Waals surface area contributed by atoms with Gasteiger partial charge in [0, 0.05) is 0 Å². The SMILES string of the molecule is CC(C)(C(=O)N[C@@H](c1ccc2ccccc2c1)C(C)(C)O)C(=O)N[C@@H](c1ccc2ccccc2c1)C(C)(C)O. The first-order valence-corrected chi connectivity index (χ1v) is 13.2. The summed E-state index contributed by atoms with van der Waals surface area (Å²) >= 11 is 0. The van der Waals surface area contributed by atoms with Crippen molar-refractivity contribution in [2.24, 2.45) is 5.41 Å². The molecule has 0 aliphatic heterocycles. The average molecular weight is 527 g/mol. The minimum atomic E-state index is -1.50. The maximum absolute atomic E-state index is 13.6. The zero-order valence-corrected chi connectivity index (χ0v) is 23.4. The third-order valence-electron chi connectivity index (χ3n) is 7.31. The number of hydrogen-bond acceptors (Lipinski definition) is 4. The molecule has 6 heteroatoms. The summed E-state index contributed by atoms with van der Waals surface area (Å²) in [4.78, 5) is 27.2. The van der Waals surface area contributed by atoms with Crippen LogP contribution in [0.1, 0.15) is 64.8 Å². The van der Waals surface area contributed by atoms with Crippen molar-refractivity contribution in [2.75, 3.05) is 0 Å². The maximum Gasteiger partial charge on any atom is 0.235 e. The van der Waals surface area contributed by atoms with Crippen LogP contribution in [0.25, 0.3) is 21.5 Å². The van der Waals surface area contributed by atoms with Crippen molar-refractivity contribution in [3.05, 3.63) is 96.1 Å². The number of carbonyl (C=O) groups excluding carboxylic acids is 2. The molecule has 4 N–H and O–H groups in total. The van der Waals surface area contributed by atoms with Gasteiger partial charge in [-0.2, -0.15) is 0 Å². The van der Waals surface area contributed by atoms with Gasteiger partial charge < -0.3 is 20.8 Å². The standard InChI is InChI=1S/C33H38N2O4/c1-31(2,29(36)34-27(32(3,4)38)25-17-15-21-11-7-9-13-23(21)19-25)30(37)35-28(33(5,6)39)26-18-16-22-12-8-10-14-24(22)20-26/h7-20,27-28,38-39H,1-6H3,(H,34,36)(H,35,37)/t27-,28-/m0/s1. The van der Waals surface area contributed by atoms with Crippen LogP contribution in [-0.4, -0.2) is 33.2 Å². The highest BCUT2D eigenvalue weighted by atomic mass is 16.3. The van der Waals surface area contributed by atoms with Crippen LogP contribution in [-0.2, 0) is 9.59 Å². The van der Waals surface area contributed by atoms with Gasteiger partial charge >= 0.3 is 0 Å². The molecule has 4 aromatic rings. The van der Waals surface area contributed by atoms with E-state index >= 15 is 0 Å². The molecule has 0 saturated heterocycles. The zero-order valence-electron chi connectivity index (χ0n) is 23.4. The van der Waals surface area contributed by atoms with Gasteiger partial charge in [0.25, 0.3) is 0 Å². The molecule has 39 heavy (non-hydrogen) atoms. The number of fused-ring (bicyclic) bond motifs is 2. The van der Waals surface area contributed by atoms with Gasteiger partial charge in [0.05, 0.1) is 23.3 Å². The van der Waals surface area contributed by atoms with Crippen LogP contribution in [0.2, 0.25) is 0 Å². The molecular weight excluding hydrogens is 488 g/mol. The van der Waals surface area contributed by atoms with Gasteiger partial charge in [0.15, 0.2) is 0 Å². The molecule has 0 unspecified atom stereocenters. The molecule has 4 aromatic carbocycles. The molecule has 0 saturated carbocycles. The van der Waals surface area contributed by atoms with E-state index in [1.54, 1.807) is 41.5 Å². The highest BCUT2D eigenvalue weighted by Gasteiger charge is 2.42. The van der Waals surface area contributed by atoms with Gasteiger partial charge in [0.2, 0.25) is 11.8 Å². The number of rotatable bonds is 8. The summed E-state index contributed by atoms with van der Waals surface area (Å²) in [6.07, 6.45) is 0. The van der Waals surface area contributed by atoms with Crippen LogP contribution < -0.4 is 10.6 Å². The van der Waals surface area contributed by atoms with E-state index in [0.29, 0.717) is 0 Å². The second-order valence-corrected chi connectivity index (χ2v) is 12.0. The number of aliphatic hydroxyl groups is 2. The molecule has 2 amide bonds. The van der Waals surface area contributed by atoms with Crippen LogP contribution in [0.15, 0.2) is 84.9 Å². The van der Waals surface area contributed by atoms with Gasteiger partial charge in [-0.05, 0) is 86.3 Å². The van der Waals surface area contributed by atoms with E-state index in [9.17, 15) is 19.8 Å². The predicted molar refractivity (Wildman–Crippen MR) is 156 cm³/mol. The molecule has 4 rings (SSSR count). The van der Waals surface area contributed by atoms with Crippen molar-refractivity contribution in [1.82, 2.24) is 10.6 Å². The molecule has 0 aromatic heterocycles. The number of carbonyl (C=O) groups is 2. The number of hydrogen-bond donors (Lipinski definition) is 4. The molecule has 0 bridgehead atoms. The van der Waals surface area contributed by atoms with Gasteiger partial charge in [-0.3, -0.25) is 9.59 Å². The minimum absolute atomic E-state index is 0.534. The molecular formula is C33H38N2O4. The highest BCUT2D eigenvalue weighted by molar-refractivity contribution is 6.04. The summed E-state index contributed by atoms with van der Waals surface area (Å²) in [7, 11) is 0. The number of benzene rings is 4. The van der Waals surface area contributed by atoms with Crippen LogP contribution in [0, 0.1) is 5.41 Å². The van der Waals surface area contributed by atoms with Crippen LogP contribution in [0.4, 0.5) is 0 Å². The van der Waals surface area contributed by atoms with Crippen molar-refractivity contribution in [3.63, 3.8) is 0 Å². The summed E-state index contributed by atoms with van der Waals surface area (Å²) in [6, 6.07) is 25.8. The van der Waals surface area contributed by atoms with E-state index in [-0.39, 0.29) is 0 Å². The Morgan fingerprint density at radius 3 is 1.23 bits per heavy atom. The molecule has 204 valence electrons. The van der Waals surface area contributed by atoms with Gasteiger partial charge in [-0.25, -0.2) is 0 Å². The Balaban J connectivity index is 1.59. The molecule has 0 fully saturated rings. The summed E-state index contributed by atoms with van der Waals surface area (Å²) < 4.78 is 0. The first kappa shape index (κ1) is 28.3. The van der Waals surface area contributed by atoms with Gasteiger partial charge in [0.1, 0.15) is 5.41 Å². The highest BCUT2D eigenvalue weighted by Crippen LogP contribution is 2.32. The molecule has 0 heterocycles. The Labute approximate surface area is 230 Å². The van der Waals surface area contributed by atoms with Gasteiger partial charge in [-0.1, -0.05) is 72.8 Å². The van der Waals surface area contributed by atoms with Crippen molar-refractivity contribution in [1.29, 1.82) is 0 Å². The Kier molecular flexibility index (Phi) is 7.57. The summed E-state index contributed by atoms with van der Waals surface area (Å²) in [5, 5.41) is 31.9. The largest absolute Gasteiger partial charge is 0.388 e. The lowest BCUT2D eigenvalue weighted by Crippen LogP contribution is -2.54. The first-order valence-electron chi connectivity index (χ1n) is 13.2. The Morgan fingerprint density at radius 2 is 0.897 bits per heavy atom. The third kappa shape index (κ3) is 6.13. The molecule has 2 atom stereocenters. The summed E-state index contributed by atoms with van der Waals surface area (Å²) in [6.45, 7) is 9.60. The lowest BCUT2D eigenvalue weighted by Gasteiger charge is -2.36. The predicted octanol–water partition coefficient (Wildman–Crippen LogP) is 5.58. The van der Waals surface area contributed by atoms with E-state index < -0.39 is 40.5 Å². The fourth-order valence-corrected chi connectivity index (χ4v) is 4.84. The first-order chi connectivity index (χ1) is 18.2. The van der Waals surface area contributed by atoms with Crippen molar-refractivity contribution >= 4 is 33.4 Å². The molecule has 0 radical (unpaired) electrons. The smallest absolute Gasteiger partial charge is 0.235 e. The normalized spacial score (nSPS) is 14.2. The van der Waals surface area contributed by atoms with E-state index in [0.717, 1.165) is 32.7 Å². The van der Waals surface area contributed by atoms with E-state index in [1.807, 2.05) is 84.9 Å². The Bertz CT molecular complexity index is 1400. The lowest BCUT2D eigenvalue weighted by atomic mass is 9.85. The maximum atomic E-state index is 13.6. The van der Waals surface area contributed by atoms with Crippen LogP contribution >= 0.6 is 0 Å². The van der Waals surface area contributed by atoms with Crippen molar-refractivity contribution in [2.45, 2.75) is 64.8 Å². The van der Waals surface area contributed by atoms with Gasteiger partial charge in [-0.15, -0.1) is 0 Å². The summed E-state index contributed by atoms with van der Waals surface area (Å²) in [5.41, 5.74) is -2.63. The molecule has 0 aliphatic carbocycles. The fourth-order valence-electron chi connectivity index (χ4n) is 4.84. The fraction of sp³-hybridized carbons (Fsp3) is 0.333. The van der Waals surface area contributed by atoms with E-state index in [4.69, 9.17) is 0 Å². The Morgan fingerprint density at radius 1 is 0.564 bits per heavy atom. The van der Waals surface area contributed by atoms with Crippen LogP contribution in [0.3, 0.4) is 0 Å². The topological polar surface area (TPSA) is 98.7 Å². The molecule has 6 nitrogen and oxygen atoms in total. The molecule has 0 spiro atoms. The quantitative estimate of drug-likeness (QED) is 0.225.